The number of hydrogen-bond donors (Lipinski definition) is 3. The minimum atomic E-state index is -1.08. The van der Waals surface area contributed by atoms with Crippen molar-refractivity contribution in [1.82, 2.24) is 5.32 Å². The van der Waals surface area contributed by atoms with Crippen LogP contribution in [-0.4, -0.2) is 49.8 Å². The third-order valence-corrected chi connectivity index (χ3v) is 6.50. The number of rotatable bonds is 9. The number of methoxy groups -OCH3 is 1. The summed E-state index contributed by atoms with van der Waals surface area (Å²) in [6, 6.07) is 9.27. The zero-order valence-electron chi connectivity index (χ0n) is 19.3. The highest BCUT2D eigenvalue weighted by molar-refractivity contribution is 5.98. The van der Waals surface area contributed by atoms with Crippen LogP contribution in [0.15, 0.2) is 48.6 Å². The molecule has 1 saturated carbocycles. The first-order valence-electron chi connectivity index (χ1n) is 11.4. The standard InChI is InChI=1S/C26H27FN2O6/c1-34-12-10-28-24(32)17-6-8-22-19(13-17)26(9-11-35-22)15-20(26)25(33)29-21-14-18(27)7-5-16(21)3-2-4-23(30)31/h2,4-8,13-14,20H,3,9-12,15H2,1H3,(H,28,32)(H,29,33)(H,30,31)/t20-,26-/m0/s1. The highest BCUT2D eigenvalue weighted by atomic mass is 19.1. The van der Waals surface area contributed by atoms with E-state index in [9.17, 15) is 18.8 Å². The highest BCUT2D eigenvalue weighted by Crippen LogP contribution is 2.61. The van der Waals surface area contributed by atoms with E-state index in [1.165, 1.54) is 24.3 Å². The molecular weight excluding hydrogens is 455 g/mol. The minimum absolute atomic E-state index is 0.231. The van der Waals surface area contributed by atoms with Gasteiger partial charge in [0.15, 0.2) is 0 Å². The van der Waals surface area contributed by atoms with Crippen LogP contribution in [0.25, 0.3) is 0 Å². The first kappa shape index (κ1) is 24.4. The second-order valence-electron chi connectivity index (χ2n) is 8.71. The molecule has 0 radical (unpaired) electrons. The van der Waals surface area contributed by atoms with Gasteiger partial charge in [-0.05, 0) is 55.2 Å². The van der Waals surface area contributed by atoms with Gasteiger partial charge in [-0.15, -0.1) is 0 Å². The Morgan fingerprint density at radius 2 is 2.09 bits per heavy atom. The first-order valence-corrected chi connectivity index (χ1v) is 11.4. The molecule has 4 rings (SSSR count). The van der Waals surface area contributed by atoms with E-state index >= 15 is 0 Å². The van der Waals surface area contributed by atoms with E-state index in [4.69, 9.17) is 14.6 Å². The third kappa shape index (κ3) is 5.35. The van der Waals surface area contributed by atoms with E-state index in [1.807, 2.05) is 0 Å². The number of amides is 2. The molecule has 1 aliphatic carbocycles. The van der Waals surface area contributed by atoms with Crippen molar-refractivity contribution >= 4 is 23.5 Å². The van der Waals surface area contributed by atoms with Gasteiger partial charge >= 0.3 is 5.97 Å². The molecule has 0 bridgehead atoms. The van der Waals surface area contributed by atoms with E-state index < -0.39 is 17.2 Å². The highest BCUT2D eigenvalue weighted by Gasteiger charge is 2.61. The van der Waals surface area contributed by atoms with Crippen molar-refractivity contribution in [2.24, 2.45) is 5.92 Å². The molecule has 2 amide bonds. The lowest BCUT2D eigenvalue weighted by molar-refractivity contribution is -0.131. The van der Waals surface area contributed by atoms with Gasteiger partial charge in [-0.2, -0.15) is 0 Å². The first-order chi connectivity index (χ1) is 16.8. The van der Waals surface area contributed by atoms with Crippen molar-refractivity contribution in [2.75, 3.05) is 32.2 Å². The van der Waals surface area contributed by atoms with Gasteiger partial charge in [-0.25, -0.2) is 9.18 Å². The van der Waals surface area contributed by atoms with Crippen LogP contribution in [0.3, 0.4) is 0 Å². The van der Waals surface area contributed by atoms with Gasteiger partial charge in [0.2, 0.25) is 5.91 Å². The van der Waals surface area contributed by atoms with Crippen LogP contribution in [0.2, 0.25) is 0 Å². The SMILES string of the molecule is COCCNC(=O)c1ccc2c(c1)[C@]1(CCO2)C[C@H]1C(=O)Nc1cc(F)ccc1CC=CC(=O)O. The average molecular weight is 483 g/mol. The molecule has 8 nitrogen and oxygen atoms in total. The topological polar surface area (TPSA) is 114 Å². The van der Waals surface area contributed by atoms with Crippen LogP contribution >= 0.6 is 0 Å². The second kappa shape index (κ2) is 10.3. The summed E-state index contributed by atoms with van der Waals surface area (Å²) < 4.78 is 24.7. The molecule has 2 aromatic rings. The van der Waals surface area contributed by atoms with E-state index in [0.717, 1.165) is 11.6 Å². The summed E-state index contributed by atoms with van der Waals surface area (Å²) in [5.74, 6) is -1.76. The molecule has 2 aromatic carbocycles. The van der Waals surface area contributed by atoms with Crippen molar-refractivity contribution in [1.29, 1.82) is 0 Å². The lowest BCUT2D eigenvalue weighted by Gasteiger charge is -2.27. The molecule has 2 atom stereocenters. The monoisotopic (exact) mass is 482 g/mol. The van der Waals surface area contributed by atoms with Gasteiger partial charge in [0.05, 0.1) is 13.2 Å². The average Bonchev–Trinajstić information content (AvgIpc) is 3.55. The second-order valence-corrected chi connectivity index (χ2v) is 8.71. The predicted molar refractivity (Wildman–Crippen MR) is 126 cm³/mol. The summed E-state index contributed by atoms with van der Waals surface area (Å²) in [5, 5.41) is 14.4. The van der Waals surface area contributed by atoms with Gasteiger partial charge < -0.3 is 25.2 Å². The Hall–Kier alpha value is -3.72. The summed E-state index contributed by atoms with van der Waals surface area (Å²) in [7, 11) is 1.56. The van der Waals surface area contributed by atoms with Crippen LogP contribution in [0.4, 0.5) is 10.1 Å². The summed E-state index contributed by atoms with van der Waals surface area (Å²) in [6.45, 7) is 1.25. The number of carboxylic acids is 1. The smallest absolute Gasteiger partial charge is 0.327 e. The molecule has 1 fully saturated rings. The Morgan fingerprint density at radius 3 is 2.86 bits per heavy atom. The lowest BCUT2D eigenvalue weighted by atomic mass is 9.86. The number of benzene rings is 2. The fourth-order valence-corrected chi connectivity index (χ4v) is 4.61. The van der Waals surface area contributed by atoms with Crippen molar-refractivity contribution in [2.45, 2.75) is 24.7 Å². The van der Waals surface area contributed by atoms with Gasteiger partial charge in [-0.3, -0.25) is 9.59 Å². The number of carbonyl (C=O) groups is 3. The summed E-state index contributed by atoms with van der Waals surface area (Å²) >= 11 is 0. The van der Waals surface area contributed by atoms with Crippen molar-refractivity contribution in [3.05, 3.63) is 71.1 Å². The normalized spacial score (nSPS) is 20.2. The molecule has 0 saturated heterocycles. The van der Waals surface area contributed by atoms with Crippen LogP contribution in [0, 0.1) is 11.7 Å². The predicted octanol–water partition coefficient (Wildman–Crippen LogP) is 3.06. The molecular formula is C26H27FN2O6. The molecule has 0 unspecified atom stereocenters. The van der Waals surface area contributed by atoms with Crippen LogP contribution in [0.1, 0.15) is 34.3 Å². The number of carboxylic acid groups (broad SMARTS) is 1. The number of ether oxygens (including phenoxy) is 2. The fourth-order valence-electron chi connectivity index (χ4n) is 4.61. The molecule has 0 aromatic heterocycles. The summed E-state index contributed by atoms with van der Waals surface area (Å²) in [6.07, 6.45) is 3.90. The number of halogens is 1. The minimum Gasteiger partial charge on any atom is -0.493 e. The van der Waals surface area contributed by atoms with Crippen LogP contribution in [0.5, 0.6) is 5.75 Å². The molecule has 1 heterocycles. The Kier molecular flexibility index (Phi) is 7.16. The number of anilines is 1. The number of fused-ring (bicyclic) bond motifs is 2. The molecule has 184 valence electrons. The van der Waals surface area contributed by atoms with E-state index in [0.29, 0.717) is 55.2 Å². The Bertz CT molecular complexity index is 1180. The van der Waals surface area contributed by atoms with Crippen molar-refractivity contribution < 1.29 is 33.4 Å². The van der Waals surface area contributed by atoms with Crippen molar-refractivity contribution in [3.63, 3.8) is 0 Å². The number of allylic oxidation sites excluding steroid dienone is 1. The van der Waals surface area contributed by atoms with Crippen molar-refractivity contribution in [3.8, 4) is 5.75 Å². The van der Waals surface area contributed by atoms with E-state index in [-0.39, 0.29) is 24.2 Å². The lowest BCUT2D eigenvalue weighted by Crippen LogP contribution is -2.29. The molecule has 9 heteroatoms. The number of hydrogen-bond acceptors (Lipinski definition) is 5. The number of aliphatic carboxylic acids is 1. The number of nitrogens with one attached hydrogen (secondary N) is 2. The molecule has 1 spiro atoms. The maximum Gasteiger partial charge on any atom is 0.327 e. The van der Waals surface area contributed by atoms with E-state index in [2.05, 4.69) is 10.6 Å². The Balaban J connectivity index is 1.52. The zero-order valence-corrected chi connectivity index (χ0v) is 19.3. The van der Waals surface area contributed by atoms with Gasteiger partial charge in [0.25, 0.3) is 5.91 Å². The van der Waals surface area contributed by atoms with Crippen LogP contribution in [-0.2, 0) is 26.2 Å². The third-order valence-electron chi connectivity index (χ3n) is 6.50. The fraction of sp³-hybridized carbons (Fsp3) is 0.346. The van der Waals surface area contributed by atoms with Gasteiger partial charge in [0, 0.05) is 47.9 Å². The van der Waals surface area contributed by atoms with Gasteiger partial charge in [-0.1, -0.05) is 12.1 Å². The largest absolute Gasteiger partial charge is 0.493 e. The number of carbonyl (C=O) groups excluding carboxylic acids is 2. The molecule has 35 heavy (non-hydrogen) atoms. The van der Waals surface area contributed by atoms with E-state index in [1.54, 1.807) is 25.3 Å². The summed E-state index contributed by atoms with van der Waals surface area (Å²) in [5.41, 5.74) is 1.78. The Morgan fingerprint density at radius 1 is 1.26 bits per heavy atom. The Labute approximate surface area is 202 Å². The molecule has 1 aliphatic heterocycles. The zero-order chi connectivity index (χ0) is 25.0. The molecule has 2 aliphatic rings. The van der Waals surface area contributed by atoms with Crippen LogP contribution < -0.4 is 15.4 Å². The maximum absolute atomic E-state index is 13.9. The molecule has 3 N–H and O–H groups in total. The summed E-state index contributed by atoms with van der Waals surface area (Å²) in [4.78, 5) is 36.5. The maximum atomic E-state index is 13.9. The quantitative estimate of drug-likeness (QED) is 0.374. The van der Waals surface area contributed by atoms with Gasteiger partial charge in [0.1, 0.15) is 11.6 Å².